The summed E-state index contributed by atoms with van der Waals surface area (Å²) in [5.41, 5.74) is 4.25. The van der Waals surface area contributed by atoms with Gasteiger partial charge in [-0.25, -0.2) is 9.78 Å². The van der Waals surface area contributed by atoms with E-state index in [1.807, 2.05) is 18.4 Å². The molecule has 124 valence electrons. The van der Waals surface area contributed by atoms with Gasteiger partial charge < -0.3 is 4.74 Å². The first kappa shape index (κ1) is 16.9. The fourth-order valence-corrected chi connectivity index (χ4v) is 4.20. The van der Waals surface area contributed by atoms with Crippen molar-refractivity contribution in [2.45, 2.75) is 33.8 Å². The van der Waals surface area contributed by atoms with Crippen LogP contribution in [0.2, 0.25) is 0 Å². The summed E-state index contributed by atoms with van der Waals surface area (Å²) in [5.74, 6) is -0.271. The van der Waals surface area contributed by atoms with Gasteiger partial charge in [0.15, 0.2) is 0 Å². The maximum Gasteiger partial charge on any atom is 0.348 e. The van der Waals surface area contributed by atoms with Crippen molar-refractivity contribution in [2.75, 3.05) is 0 Å². The zero-order valence-electron chi connectivity index (χ0n) is 14.0. The van der Waals surface area contributed by atoms with Gasteiger partial charge in [0.1, 0.15) is 16.5 Å². The number of thiophene rings is 1. The smallest absolute Gasteiger partial charge is 0.348 e. The van der Waals surface area contributed by atoms with Gasteiger partial charge in [-0.15, -0.1) is 22.7 Å². The van der Waals surface area contributed by atoms with Crippen molar-refractivity contribution >= 4 is 28.6 Å². The van der Waals surface area contributed by atoms with Crippen LogP contribution in [-0.4, -0.2) is 11.0 Å². The van der Waals surface area contributed by atoms with E-state index in [-0.39, 0.29) is 12.6 Å². The molecule has 5 heteroatoms. The molecule has 2 heterocycles. The molecule has 3 aromatic rings. The lowest BCUT2D eigenvalue weighted by Gasteiger charge is -2.00. The van der Waals surface area contributed by atoms with Gasteiger partial charge in [0.25, 0.3) is 0 Å². The molecule has 2 aromatic heterocycles. The van der Waals surface area contributed by atoms with Crippen molar-refractivity contribution in [1.29, 1.82) is 0 Å². The van der Waals surface area contributed by atoms with E-state index in [2.05, 4.69) is 43.1 Å². The Morgan fingerprint density at radius 3 is 2.62 bits per heavy atom. The topological polar surface area (TPSA) is 39.2 Å². The van der Waals surface area contributed by atoms with Gasteiger partial charge in [-0.05, 0) is 31.9 Å². The number of benzene rings is 1. The highest BCUT2D eigenvalue weighted by Crippen LogP contribution is 2.26. The number of aromatic nitrogens is 1. The second kappa shape index (κ2) is 7.28. The normalized spacial score (nSPS) is 10.8. The van der Waals surface area contributed by atoms with Gasteiger partial charge >= 0.3 is 5.97 Å². The van der Waals surface area contributed by atoms with E-state index in [9.17, 15) is 4.79 Å². The molecule has 0 radical (unpaired) electrons. The maximum atomic E-state index is 12.2. The molecular weight excluding hydrogens is 338 g/mol. The monoisotopic (exact) mass is 357 g/mol. The van der Waals surface area contributed by atoms with E-state index in [0.29, 0.717) is 4.88 Å². The fourth-order valence-electron chi connectivity index (χ4n) is 2.38. The maximum absolute atomic E-state index is 12.2. The summed E-state index contributed by atoms with van der Waals surface area (Å²) in [7, 11) is 0. The van der Waals surface area contributed by atoms with Gasteiger partial charge in [-0.1, -0.05) is 36.8 Å². The van der Waals surface area contributed by atoms with E-state index in [4.69, 9.17) is 4.74 Å². The summed E-state index contributed by atoms with van der Waals surface area (Å²) < 4.78 is 5.41. The second-order valence-electron chi connectivity index (χ2n) is 5.66. The number of carbonyl (C=O) groups is 1. The van der Waals surface area contributed by atoms with Crippen LogP contribution in [0.5, 0.6) is 0 Å². The van der Waals surface area contributed by atoms with E-state index >= 15 is 0 Å². The lowest BCUT2D eigenvalue weighted by Crippen LogP contribution is -2.03. The number of hydrogen-bond donors (Lipinski definition) is 0. The third-order valence-electron chi connectivity index (χ3n) is 3.74. The van der Waals surface area contributed by atoms with Crippen LogP contribution in [0, 0.1) is 13.8 Å². The lowest BCUT2D eigenvalue weighted by atomic mass is 10.2. The molecule has 0 fully saturated rings. The molecule has 1 aromatic carbocycles. The molecule has 0 N–H and O–H groups in total. The number of thiazole rings is 1. The molecule has 0 aliphatic carbocycles. The zero-order valence-corrected chi connectivity index (χ0v) is 15.6. The molecule has 0 aliphatic rings. The highest BCUT2D eigenvalue weighted by Gasteiger charge is 2.14. The summed E-state index contributed by atoms with van der Waals surface area (Å²) in [6.07, 6.45) is 0.940. The second-order valence-corrected chi connectivity index (χ2v) is 7.65. The Kier molecular flexibility index (Phi) is 5.11. The highest BCUT2D eigenvalue weighted by molar-refractivity contribution is 7.14. The number of ether oxygens (including phenoxy) is 1. The van der Waals surface area contributed by atoms with Gasteiger partial charge in [0.05, 0.1) is 5.69 Å². The summed E-state index contributed by atoms with van der Waals surface area (Å²) in [5, 5.41) is 2.89. The Balaban J connectivity index is 1.64. The fraction of sp³-hybridized carbons (Fsp3) is 0.263. The lowest BCUT2D eigenvalue weighted by molar-refractivity contribution is 0.0474. The molecule has 0 saturated carbocycles. The first-order chi connectivity index (χ1) is 11.6. The van der Waals surface area contributed by atoms with E-state index in [1.165, 1.54) is 21.8 Å². The quantitative estimate of drug-likeness (QED) is 0.573. The van der Waals surface area contributed by atoms with Crippen LogP contribution in [-0.2, 0) is 17.8 Å². The first-order valence-corrected chi connectivity index (χ1v) is 9.54. The largest absolute Gasteiger partial charge is 0.455 e. The Hall–Kier alpha value is -1.98. The van der Waals surface area contributed by atoms with Crippen LogP contribution in [0.15, 0.2) is 35.7 Å². The van der Waals surface area contributed by atoms with Crippen molar-refractivity contribution < 1.29 is 9.53 Å². The van der Waals surface area contributed by atoms with Crippen molar-refractivity contribution in [1.82, 2.24) is 4.98 Å². The van der Waals surface area contributed by atoms with Crippen LogP contribution in [0.1, 0.15) is 38.3 Å². The molecule has 3 rings (SSSR count). The predicted octanol–water partition coefficient (Wildman–Crippen LogP) is 5.41. The molecule has 0 atom stereocenters. The number of hydrogen-bond acceptors (Lipinski definition) is 5. The molecule has 0 unspecified atom stereocenters. The molecule has 0 aliphatic heterocycles. The average molecular weight is 358 g/mol. The number of carbonyl (C=O) groups excluding carboxylic acids is 1. The molecular formula is C19H19NO2S2. The molecule has 24 heavy (non-hydrogen) atoms. The summed E-state index contributed by atoms with van der Waals surface area (Å²) in [6.45, 7) is 6.39. The minimum Gasteiger partial charge on any atom is -0.455 e. The molecule has 0 bridgehead atoms. The number of aryl methyl sites for hydroxylation is 3. The van der Waals surface area contributed by atoms with Crippen molar-refractivity contribution in [2.24, 2.45) is 0 Å². The molecule has 0 spiro atoms. The average Bonchev–Trinajstić information content (AvgIpc) is 3.20. The standard InChI is InChI=1S/C19H19NO2S2/c1-4-16-13(3)9-17(24-16)19(21)22-10-15-11-23-18(20-15)14-7-5-12(2)6-8-14/h5-9,11H,4,10H2,1-3H3. The van der Waals surface area contributed by atoms with Crippen LogP contribution in [0.25, 0.3) is 10.6 Å². The zero-order chi connectivity index (χ0) is 17.1. The van der Waals surface area contributed by atoms with Gasteiger partial charge in [-0.3, -0.25) is 0 Å². The van der Waals surface area contributed by atoms with Crippen molar-refractivity contribution in [3.63, 3.8) is 0 Å². The first-order valence-electron chi connectivity index (χ1n) is 7.84. The third-order valence-corrected chi connectivity index (χ3v) is 6.05. The Morgan fingerprint density at radius 1 is 1.21 bits per heavy atom. The van der Waals surface area contributed by atoms with Crippen molar-refractivity contribution in [3.05, 3.63) is 62.3 Å². The third kappa shape index (κ3) is 3.74. The van der Waals surface area contributed by atoms with Crippen LogP contribution in [0.3, 0.4) is 0 Å². The van der Waals surface area contributed by atoms with E-state index in [0.717, 1.165) is 28.2 Å². The molecule has 3 nitrogen and oxygen atoms in total. The highest BCUT2D eigenvalue weighted by atomic mass is 32.1. The Bertz CT molecular complexity index is 847. The summed E-state index contributed by atoms with van der Waals surface area (Å²) >= 11 is 3.08. The van der Waals surface area contributed by atoms with Gasteiger partial charge in [0, 0.05) is 15.8 Å². The summed E-state index contributed by atoms with van der Waals surface area (Å²) in [6, 6.07) is 10.2. The Morgan fingerprint density at radius 2 is 1.96 bits per heavy atom. The van der Waals surface area contributed by atoms with E-state index < -0.39 is 0 Å². The minimum absolute atomic E-state index is 0.208. The van der Waals surface area contributed by atoms with Crippen molar-refractivity contribution in [3.8, 4) is 10.6 Å². The van der Waals surface area contributed by atoms with Crippen LogP contribution >= 0.6 is 22.7 Å². The molecule has 0 amide bonds. The van der Waals surface area contributed by atoms with Crippen LogP contribution < -0.4 is 0 Å². The predicted molar refractivity (Wildman–Crippen MR) is 99.8 cm³/mol. The number of esters is 1. The molecule has 0 saturated heterocycles. The summed E-state index contributed by atoms with van der Waals surface area (Å²) in [4.78, 5) is 18.6. The van der Waals surface area contributed by atoms with E-state index in [1.54, 1.807) is 11.3 Å². The van der Waals surface area contributed by atoms with Gasteiger partial charge in [-0.2, -0.15) is 0 Å². The minimum atomic E-state index is -0.271. The number of nitrogens with zero attached hydrogens (tertiary/aromatic N) is 1. The SMILES string of the molecule is CCc1sc(C(=O)OCc2csc(-c3ccc(C)cc3)n2)cc1C. The van der Waals surface area contributed by atoms with Gasteiger partial charge in [0.2, 0.25) is 0 Å². The number of rotatable bonds is 5. The van der Waals surface area contributed by atoms with Crippen LogP contribution in [0.4, 0.5) is 0 Å². The Labute approximate surface area is 150 Å².